The maximum Gasteiger partial charge on any atom is 0.240 e. The van der Waals surface area contributed by atoms with Crippen molar-refractivity contribution < 1.29 is 13.2 Å². The van der Waals surface area contributed by atoms with E-state index in [1.54, 1.807) is 18.3 Å². The number of hydrogen-bond acceptors (Lipinski definition) is 4. The van der Waals surface area contributed by atoms with Crippen molar-refractivity contribution in [1.82, 2.24) is 9.71 Å². The Bertz CT molecular complexity index is 835. The largest absolute Gasteiger partial charge is 0.474 e. The van der Waals surface area contributed by atoms with Crippen LogP contribution in [0.3, 0.4) is 0 Å². The van der Waals surface area contributed by atoms with E-state index in [0.29, 0.717) is 10.8 Å². The van der Waals surface area contributed by atoms with Crippen molar-refractivity contribution in [3.63, 3.8) is 0 Å². The highest BCUT2D eigenvalue weighted by atomic mass is 32.2. The average Bonchev–Trinajstić information content (AvgIpc) is 2.63. The van der Waals surface area contributed by atoms with Crippen LogP contribution in [-0.2, 0) is 15.4 Å². The van der Waals surface area contributed by atoms with Gasteiger partial charge in [-0.15, -0.1) is 0 Å². The molecule has 6 heteroatoms. The predicted molar refractivity (Wildman–Crippen MR) is 106 cm³/mol. The molecule has 1 aromatic heterocycles. The lowest BCUT2D eigenvalue weighted by Crippen LogP contribution is -2.39. The summed E-state index contributed by atoms with van der Waals surface area (Å²) in [5.41, 5.74) is 1.12. The molecule has 0 amide bonds. The number of nitrogens with one attached hydrogen (secondary N) is 1. The third-order valence-electron chi connectivity index (χ3n) is 4.95. The van der Waals surface area contributed by atoms with Crippen LogP contribution in [0, 0.1) is 0 Å². The molecule has 0 bridgehead atoms. The van der Waals surface area contributed by atoms with Gasteiger partial charge in [0.05, 0.1) is 4.90 Å². The second kappa shape index (κ2) is 7.98. The number of rotatable bonds is 5. The zero-order valence-electron chi connectivity index (χ0n) is 16.2. The van der Waals surface area contributed by atoms with Crippen LogP contribution in [-0.4, -0.2) is 25.5 Å². The maximum absolute atomic E-state index is 12.7. The summed E-state index contributed by atoms with van der Waals surface area (Å²) >= 11 is 0. The van der Waals surface area contributed by atoms with Crippen LogP contribution in [0.4, 0.5) is 0 Å². The van der Waals surface area contributed by atoms with Crippen molar-refractivity contribution in [2.45, 2.75) is 68.9 Å². The number of sulfonamides is 1. The summed E-state index contributed by atoms with van der Waals surface area (Å²) in [7, 11) is -3.50. The summed E-state index contributed by atoms with van der Waals surface area (Å²) in [6, 6.07) is 12.7. The van der Waals surface area contributed by atoms with Crippen molar-refractivity contribution in [2.24, 2.45) is 0 Å². The Hall–Kier alpha value is -1.92. The summed E-state index contributed by atoms with van der Waals surface area (Å²) in [5, 5.41) is 0. The lowest BCUT2D eigenvalue weighted by atomic mass is 9.87. The van der Waals surface area contributed by atoms with Gasteiger partial charge in [-0.3, -0.25) is 0 Å². The second-order valence-electron chi connectivity index (χ2n) is 8.16. The maximum atomic E-state index is 12.7. The molecule has 3 rings (SSSR count). The van der Waals surface area contributed by atoms with E-state index in [0.717, 1.165) is 31.2 Å². The molecule has 0 radical (unpaired) electrons. The monoisotopic (exact) mass is 388 g/mol. The number of ether oxygens (including phenoxy) is 1. The molecule has 0 aliphatic heterocycles. The molecular weight excluding hydrogens is 360 g/mol. The van der Waals surface area contributed by atoms with Gasteiger partial charge in [0.25, 0.3) is 0 Å². The van der Waals surface area contributed by atoms with Gasteiger partial charge in [-0.05, 0) is 54.9 Å². The molecule has 1 saturated carbocycles. The Labute approximate surface area is 162 Å². The Balaban J connectivity index is 1.56. The third-order valence-corrected chi connectivity index (χ3v) is 6.49. The molecule has 1 aromatic carbocycles. The Morgan fingerprint density at radius 3 is 2.22 bits per heavy atom. The minimum Gasteiger partial charge on any atom is -0.474 e. The summed E-state index contributed by atoms with van der Waals surface area (Å²) in [6.45, 7) is 6.33. The summed E-state index contributed by atoms with van der Waals surface area (Å²) in [5.74, 6) is 0.625. The topological polar surface area (TPSA) is 68.3 Å². The lowest BCUT2D eigenvalue weighted by Gasteiger charge is -2.29. The number of nitrogens with zero attached hydrogens (tertiary/aromatic N) is 1. The summed E-state index contributed by atoms with van der Waals surface area (Å²) in [4.78, 5) is 4.50. The Morgan fingerprint density at radius 1 is 1.00 bits per heavy atom. The molecule has 0 saturated heterocycles. The summed E-state index contributed by atoms with van der Waals surface area (Å²) in [6.07, 6.45) is 4.94. The molecule has 0 unspecified atom stereocenters. The zero-order valence-corrected chi connectivity index (χ0v) is 17.0. The summed E-state index contributed by atoms with van der Waals surface area (Å²) < 4.78 is 34.1. The first-order chi connectivity index (χ1) is 12.7. The number of aromatic nitrogens is 1. The van der Waals surface area contributed by atoms with Gasteiger partial charge >= 0.3 is 0 Å². The van der Waals surface area contributed by atoms with Crippen LogP contribution in [0.5, 0.6) is 5.88 Å². The Kier molecular flexibility index (Phi) is 5.86. The predicted octanol–water partition coefficient (Wildman–Crippen LogP) is 4.05. The van der Waals surface area contributed by atoms with E-state index < -0.39 is 10.0 Å². The van der Waals surface area contributed by atoms with Crippen LogP contribution < -0.4 is 9.46 Å². The van der Waals surface area contributed by atoms with Gasteiger partial charge < -0.3 is 4.74 Å². The van der Waals surface area contributed by atoms with E-state index in [9.17, 15) is 8.42 Å². The van der Waals surface area contributed by atoms with E-state index in [1.165, 1.54) is 0 Å². The first-order valence-corrected chi connectivity index (χ1v) is 10.9. The van der Waals surface area contributed by atoms with Gasteiger partial charge in [0.2, 0.25) is 15.9 Å². The molecule has 27 heavy (non-hydrogen) atoms. The van der Waals surface area contributed by atoms with Gasteiger partial charge in [-0.2, -0.15) is 0 Å². The van der Waals surface area contributed by atoms with Gasteiger partial charge in [-0.25, -0.2) is 18.1 Å². The van der Waals surface area contributed by atoms with Gasteiger partial charge in [0.1, 0.15) is 6.10 Å². The van der Waals surface area contributed by atoms with E-state index in [4.69, 9.17) is 4.74 Å². The molecule has 0 spiro atoms. The average molecular weight is 389 g/mol. The van der Waals surface area contributed by atoms with Crippen molar-refractivity contribution in [1.29, 1.82) is 0 Å². The van der Waals surface area contributed by atoms with Crippen LogP contribution in [0.15, 0.2) is 53.6 Å². The molecule has 1 fully saturated rings. The Morgan fingerprint density at radius 2 is 1.67 bits per heavy atom. The standard InChI is InChI=1S/C21H28N2O3S/c1-21(2,3)16-7-13-19(14-8-16)27(24,25)23-17-9-11-18(12-10-17)26-20-6-4-5-15-22-20/h4-8,13-15,17-18,23H,9-12H2,1-3H3. The van der Waals surface area contributed by atoms with Gasteiger partial charge in [0, 0.05) is 18.3 Å². The first kappa shape index (κ1) is 19.8. The van der Waals surface area contributed by atoms with Gasteiger partial charge in [0.15, 0.2) is 0 Å². The SMILES string of the molecule is CC(C)(C)c1ccc(S(=O)(=O)NC2CCC(Oc3ccccn3)CC2)cc1. The third kappa shape index (κ3) is 5.30. The minimum atomic E-state index is -3.50. The highest BCUT2D eigenvalue weighted by Gasteiger charge is 2.27. The van der Waals surface area contributed by atoms with Crippen LogP contribution >= 0.6 is 0 Å². The molecule has 1 N–H and O–H groups in total. The zero-order chi connectivity index (χ0) is 19.5. The van der Waals surface area contributed by atoms with E-state index >= 15 is 0 Å². The quantitative estimate of drug-likeness (QED) is 0.839. The lowest BCUT2D eigenvalue weighted by molar-refractivity contribution is 0.138. The molecular formula is C21H28N2O3S. The van der Waals surface area contributed by atoms with Crippen molar-refractivity contribution in [2.75, 3.05) is 0 Å². The molecule has 2 aromatic rings. The normalized spacial score (nSPS) is 21.0. The highest BCUT2D eigenvalue weighted by molar-refractivity contribution is 7.89. The fourth-order valence-electron chi connectivity index (χ4n) is 3.31. The van der Waals surface area contributed by atoms with Crippen molar-refractivity contribution >= 4 is 10.0 Å². The van der Waals surface area contributed by atoms with Crippen LogP contribution in [0.25, 0.3) is 0 Å². The first-order valence-electron chi connectivity index (χ1n) is 9.44. The molecule has 146 valence electrons. The minimum absolute atomic E-state index is 0.00170. The number of hydrogen-bond donors (Lipinski definition) is 1. The fourth-order valence-corrected chi connectivity index (χ4v) is 4.61. The number of pyridine rings is 1. The van der Waals surface area contributed by atoms with Gasteiger partial charge in [-0.1, -0.05) is 39.0 Å². The van der Waals surface area contributed by atoms with E-state index in [2.05, 4.69) is 30.5 Å². The van der Waals surface area contributed by atoms with Crippen LogP contribution in [0.2, 0.25) is 0 Å². The molecule has 1 heterocycles. The smallest absolute Gasteiger partial charge is 0.240 e. The molecule has 1 aliphatic rings. The number of benzene rings is 1. The highest BCUT2D eigenvalue weighted by Crippen LogP contribution is 2.26. The fraction of sp³-hybridized carbons (Fsp3) is 0.476. The van der Waals surface area contributed by atoms with Crippen molar-refractivity contribution in [3.8, 4) is 5.88 Å². The second-order valence-corrected chi connectivity index (χ2v) is 9.87. The van der Waals surface area contributed by atoms with E-state index in [-0.39, 0.29) is 17.6 Å². The van der Waals surface area contributed by atoms with Crippen molar-refractivity contribution in [3.05, 3.63) is 54.2 Å². The molecule has 5 nitrogen and oxygen atoms in total. The molecule has 1 aliphatic carbocycles. The van der Waals surface area contributed by atoms with E-state index in [1.807, 2.05) is 30.3 Å². The van der Waals surface area contributed by atoms with Crippen LogP contribution in [0.1, 0.15) is 52.0 Å². The molecule has 0 atom stereocenters.